The molecule has 4 amide bonds. The minimum absolute atomic E-state index is 0.0816. The molecule has 0 aromatic carbocycles. The van der Waals surface area contributed by atoms with Crippen LogP contribution in [0.5, 0.6) is 0 Å². The number of hydrogen-bond donors (Lipinski definition) is 3. The van der Waals surface area contributed by atoms with E-state index in [0.717, 1.165) is 5.57 Å². The van der Waals surface area contributed by atoms with Crippen molar-refractivity contribution in [2.45, 2.75) is 25.4 Å². The first-order chi connectivity index (χ1) is 8.49. The maximum absolute atomic E-state index is 11.6. The zero-order valence-corrected chi connectivity index (χ0v) is 10.1. The summed E-state index contributed by atoms with van der Waals surface area (Å²) in [7, 11) is 0. The summed E-state index contributed by atoms with van der Waals surface area (Å²) in [6, 6.07) is -1.03. The van der Waals surface area contributed by atoms with Gasteiger partial charge in [-0.3, -0.25) is 9.59 Å². The zero-order valence-electron chi connectivity index (χ0n) is 10.1. The zero-order chi connectivity index (χ0) is 13.3. The van der Waals surface area contributed by atoms with Crippen molar-refractivity contribution in [3.8, 4) is 0 Å². The minimum atomic E-state index is -0.684. The molecule has 0 spiro atoms. The van der Waals surface area contributed by atoms with Gasteiger partial charge in [0.25, 0.3) is 0 Å². The number of hydrogen-bond acceptors (Lipinski definition) is 3. The fraction of sp³-hybridized carbons (Fsp3) is 0.545. The third-order valence-corrected chi connectivity index (χ3v) is 3.17. The SMILES string of the molecule is CC(=O)NCCC1=C[C@@H](C(N)=O)N2C[C@@H]1NC2=O. The standard InChI is InChI=1S/C11H16N4O3/c1-6(16)13-3-2-7-4-9(10(12)17)15-5-8(7)14-11(15)18/h4,8-9H,2-3,5H2,1H3,(H2,12,17)(H,13,16)(H,14,18)/t8-,9-/m0/s1. The predicted molar refractivity (Wildman–Crippen MR) is 63.4 cm³/mol. The monoisotopic (exact) mass is 252 g/mol. The number of carbonyl (C=O) groups is 3. The van der Waals surface area contributed by atoms with Gasteiger partial charge in [-0.15, -0.1) is 0 Å². The summed E-state index contributed by atoms with van der Waals surface area (Å²) in [5, 5.41) is 5.47. The Balaban J connectivity index is 2.07. The van der Waals surface area contributed by atoms with Gasteiger partial charge in [0, 0.05) is 20.0 Å². The summed E-state index contributed by atoms with van der Waals surface area (Å²) in [5.74, 6) is -0.641. The molecular weight excluding hydrogens is 236 g/mol. The van der Waals surface area contributed by atoms with Gasteiger partial charge in [0.15, 0.2) is 0 Å². The molecule has 2 heterocycles. The summed E-state index contributed by atoms with van der Waals surface area (Å²) in [5.41, 5.74) is 6.22. The Morgan fingerprint density at radius 3 is 2.94 bits per heavy atom. The van der Waals surface area contributed by atoms with Crippen LogP contribution in [0.1, 0.15) is 13.3 Å². The highest BCUT2D eigenvalue weighted by atomic mass is 16.2. The molecule has 2 aliphatic rings. The molecule has 98 valence electrons. The van der Waals surface area contributed by atoms with E-state index in [0.29, 0.717) is 19.5 Å². The molecule has 2 rings (SSSR count). The largest absolute Gasteiger partial charge is 0.368 e. The third kappa shape index (κ3) is 2.29. The lowest BCUT2D eigenvalue weighted by Crippen LogP contribution is -2.46. The van der Waals surface area contributed by atoms with Crippen molar-refractivity contribution >= 4 is 17.8 Å². The summed E-state index contributed by atoms with van der Waals surface area (Å²) in [4.78, 5) is 35.1. The van der Waals surface area contributed by atoms with Crippen LogP contribution in [0.25, 0.3) is 0 Å². The van der Waals surface area contributed by atoms with Crippen LogP contribution in [-0.4, -0.2) is 47.9 Å². The number of carbonyl (C=O) groups excluding carboxylic acids is 3. The van der Waals surface area contributed by atoms with Crippen molar-refractivity contribution in [2.75, 3.05) is 13.1 Å². The number of nitrogens with one attached hydrogen (secondary N) is 2. The van der Waals surface area contributed by atoms with E-state index in [-0.39, 0.29) is 18.0 Å². The first-order valence-corrected chi connectivity index (χ1v) is 5.80. The number of rotatable bonds is 4. The van der Waals surface area contributed by atoms with Gasteiger partial charge in [-0.25, -0.2) is 4.79 Å². The Morgan fingerprint density at radius 2 is 2.33 bits per heavy atom. The van der Waals surface area contributed by atoms with Gasteiger partial charge in [-0.2, -0.15) is 0 Å². The van der Waals surface area contributed by atoms with Crippen LogP contribution >= 0.6 is 0 Å². The number of fused-ring (bicyclic) bond motifs is 2. The highest BCUT2D eigenvalue weighted by Gasteiger charge is 2.41. The molecule has 0 aromatic rings. The molecule has 1 saturated heterocycles. The maximum Gasteiger partial charge on any atom is 0.318 e. The number of urea groups is 1. The smallest absolute Gasteiger partial charge is 0.318 e. The van der Waals surface area contributed by atoms with Crippen LogP contribution in [0.2, 0.25) is 0 Å². The fourth-order valence-electron chi connectivity index (χ4n) is 2.29. The molecule has 0 unspecified atom stereocenters. The van der Waals surface area contributed by atoms with Crippen LogP contribution in [0.15, 0.2) is 11.6 Å². The Labute approximate surface area is 104 Å². The van der Waals surface area contributed by atoms with Crippen LogP contribution in [0.3, 0.4) is 0 Å². The Kier molecular flexibility index (Phi) is 3.22. The van der Waals surface area contributed by atoms with Gasteiger partial charge < -0.3 is 21.3 Å². The topological polar surface area (TPSA) is 105 Å². The van der Waals surface area contributed by atoms with Crippen molar-refractivity contribution in [1.29, 1.82) is 0 Å². The van der Waals surface area contributed by atoms with E-state index in [1.54, 1.807) is 6.08 Å². The molecule has 7 heteroatoms. The van der Waals surface area contributed by atoms with Crippen LogP contribution in [0, 0.1) is 0 Å². The van der Waals surface area contributed by atoms with Crippen molar-refractivity contribution < 1.29 is 14.4 Å². The molecule has 2 aliphatic heterocycles. The van der Waals surface area contributed by atoms with E-state index in [1.165, 1.54) is 11.8 Å². The first-order valence-electron chi connectivity index (χ1n) is 5.80. The van der Waals surface area contributed by atoms with Crippen LogP contribution < -0.4 is 16.4 Å². The maximum atomic E-state index is 11.6. The minimum Gasteiger partial charge on any atom is -0.368 e. The van der Waals surface area contributed by atoms with E-state index in [4.69, 9.17) is 5.73 Å². The quantitative estimate of drug-likeness (QED) is 0.541. The highest BCUT2D eigenvalue weighted by molar-refractivity contribution is 5.90. The van der Waals surface area contributed by atoms with Crippen molar-refractivity contribution in [3.63, 3.8) is 0 Å². The summed E-state index contributed by atoms with van der Waals surface area (Å²) < 4.78 is 0. The summed E-state index contributed by atoms with van der Waals surface area (Å²) >= 11 is 0. The van der Waals surface area contributed by atoms with E-state index in [2.05, 4.69) is 10.6 Å². The van der Waals surface area contributed by atoms with Gasteiger partial charge >= 0.3 is 6.03 Å². The van der Waals surface area contributed by atoms with Gasteiger partial charge in [-0.1, -0.05) is 6.08 Å². The Bertz CT molecular complexity index is 432. The van der Waals surface area contributed by atoms with Crippen molar-refractivity contribution in [2.24, 2.45) is 5.73 Å². The van der Waals surface area contributed by atoms with Gasteiger partial charge in [0.1, 0.15) is 6.04 Å². The van der Waals surface area contributed by atoms with E-state index in [1.807, 2.05) is 0 Å². The molecule has 0 aromatic heterocycles. The van der Waals surface area contributed by atoms with Crippen LogP contribution in [-0.2, 0) is 9.59 Å². The third-order valence-electron chi connectivity index (χ3n) is 3.17. The first kappa shape index (κ1) is 12.4. The van der Waals surface area contributed by atoms with E-state index >= 15 is 0 Å². The summed E-state index contributed by atoms with van der Waals surface area (Å²) in [6.07, 6.45) is 2.32. The molecule has 4 N–H and O–H groups in total. The molecule has 7 nitrogen and oxygen atoms in total. The second-order valence-corrected chi connectivity index (χ2v) is 4.48. The lowest BCUT2D eigenvalue weighted by Gasteiger charge is -2.27. The average Bonchev–Trinajstić information content (AvgIpc) is 2.59. The number of nitrogens with zero attached hydrogens (tertiary/aromatic N) is 1. The Morgan fingerprint density at radius 1 is 1.61 bits per heavy atom. The van der Waals surface area contributed by atoms with Gasteiger partial charge in [0.2, 0.25) is 11.8 Å². The molecule has 2 bridgehead atoms. The second-order valence-electron chi connectivity index (χ2n) is 4.48. The molecule has 2 atom stereocenters. The summed E-state index contributed by atoms with van der Waals surface area (Å²) in [6.45, 7) is 2.39. The molecule has 1 fully saturated rings. The van der Waals surface area contributed by atoms with Crippen molar-refractivity contribution in [3.05, 3.63) is 11.6 Å². The Hall–Kier alpha value is -2.05. The lowest BCUT2D eigenvalue weighted by molar-refractivity contribution is -0.121. The van der Waals surface area contributed by atoms with Crippen molar-refractivity contribution in [1.82, 2.24) is 15.5 Å². The number of nitrogens with two attached hydrogens (primary N) is 1. The number of amides is 4. The molecular formula is C11H16N4O3. The van der Waals surface area contributed by atoms with E-state index < -0.39 is 11.9 Å². The molecule has 18 heavy (non-hydrogen) atoms. The van der Waals surface area contributed by atoms with Gasteiger partial charge in [-0.05, 0) is 12.0 Å². The van der Waals surface area contributed by atoms with Crippen LogP contribution in [0.4, 0.5) is 4.79 Å². The molecule has 0 radical (unpaired) electrons. The molecule has 0 aliphatic carbocycles. The van der Waals surface area contributed by atoms with E-state index in [9.17, 15) is 14.4 Å². The predicted octanol–water partition coefficient (Wildman–Crippen LogP) is -1.30. The second kappa shape index (κ2) is 4.67. The number of primary amides is 1. The normalized spacial score (nSPS) is 25.5. The average molecular weight is 252 g/mol. The fourth-order valence-corrected chi connectivity index (χ4v) is 2.29. The van der Waals surface area contributed by atoms with Gasteiger partial charge in [0.05, 0.1) is 6.04 Å². The lowest BCUT2D eigenvalue weighted by atomic mass is 9.97. The molecule has 0 saturated carbocycles. The highest BCUT2D eigenvalue weighted by Crippen LogP contribution is 2.24.